The van der Waals surface area contributed by atoms with E-state index in [0.29, 0.717) is 5.39 Å². The van der Waals surface area contributed by atoms with E-state index in [9.17, 15) is 4.39 Å². The van der Waals surface area contributed by atoms with Crippen LogP contribution >= 0.6 is 0 Å². The molecule has 0 unspecified atom stereocenters. The molecule has 1 heteroatoms. The van der Waals surface area contributed by atoms with E-state index in [4.69, 9.17) is 0 Å². The zero-order chi connectivity index (χ0) is 24.5. The van der Waals surface area contributed by atoms with Crippen LogP contribution in [0.4, 0.5) is 4.39 Å². The Morgan fingerprint density at radius 3 is 2.20 bits per heavy atom. The highest BCUT2D eigenvalue weighted by atomic mass is 19.1. The lowest BCUT2D eigenvalue weighted by Gasteiger charge is -2.27. The van der Waals surface area contributed by atoms with Crippen molar-refractivity contribution in [1.82, 2.24) is 0 Å². The van der Waals surface area contributed by atoms with Crippen LogP contribution in [-0.2, 0) is 12.8 Å². The number of hydrogen-bond donors (Lipinski definition) is 0. The van der Waals surface area contributed by atoms with Crippen LogP contribution in [-0.4, -0.2) is 0 Å². The van der Waals surface area contributed by atoms with Gasteiger partial charge in [0.15, 0.2) is 0 Å². The molecule has 0 atom stereocenters. The van der Waals surface area contributed by atoms with Gasteiger partial charge in [0.2, 0.25) is 0 Å². The summed E-state index contributed by atoms with van der Waals surface area (Å²) in [6.45, 7) is 4.53. The minimum atomic E-state index is -0.0625. The van der Waals surface area contributed by atoms with Gasteiger partial charge in [0.1, 0.15) is 5.82 Å². The van der Waals surface area contributed by atoms with E-state index in [1.165, 1.54) is 69.8 Å². The Kier molecular flexibility index (Phi) is 9.42. The fourth-order valence-corrected chi connectivity index (χ4v) is 5.55. The van der Waals surface area contributed by atoms with Gasteiger partial charge in [0, 0.05) is 16.5 Å². The lowest BCUT2D eigenvalue weighted by atomic mass is 9.78. The van der Waals surface area contributed by atoms with Gasteiger partial charge < -0.3 is 0 Å². The molecule has 35 heavy (non-hydrogen) atoms. The molecule has 184 valence electrons. The largest absolute Gasteiger partial charge is 0.206 e. The van der Waals surface area contributed by atoms with E-state index in [1.807, 2.05) is 30.3 Å². The van der Waals surface area contributed by atoms with Crippen molar-refractivity contribution < 1.29 is 4.39 Å². The summed E-state index contributed by atoms with van der Waals surface area (Å²) < 4.78 is 15.0. The predicted molar refractivity (Wildman–Crippen MR) is 148 cm³/mol. The van der Waals surface area contributed by atoms with Crippen LogP contribution in [0.3, 0.4) is 0 Å². The van der Waals surface area contributed by atoms with Crippen LogP contribution in [0, 0.1) is 29.5 Å². The van der Waals surface area contributed by atoms with Crippen molar-refractivity contribution in [3.8, 4) is 11.8 Å². The Balaban J connectivity index is 1.34. The lowest BCUT2D eigenvalue weighted by molar-refractivity contribution is 0.259. The monoisotopic (exact) mass is 468 g/mol. The molecule has 0 aromatic heterocycles. The van der Waals surface area contributed by atoms with Crippen molar-refractivity contribution in [2.75, 3.05) is 0 Å². The van der Waals surface area contributed by atoms with Gasteiger partial charge in [0.05, 0.1) is 0 Å². The first-order valence-electron chi connectivity index (χ1n) is 14.0. The first-order chi connectivity index (χ1) is 17.2. The summed E-state index contributed by atoms with van der Waals surface area (Å²) >= 11 is 0. The quantitative estimate of drug-likeness (QED) is 0.216. The second-order valence-electron chi connectivity index (χ2n) is 10.6. The molecule has 1 aliphatic rings. The molecule has 3 aromatic carbocycles. The number of unbranched alkanes of at least 4 members (excludes halogenated alkanes) is 3. The lowest BCUT2D eigenvalue weighted by Crippen LogP contribution is -2.14. The summed E-state index contributed by atoms with van der Waals surface area (Å²) in [6.07, 6.45) is 15.0. The van der Waals surface area contributed by atoms with Gasteiger partial charge in [-0.2, -0.15) is 0 Å². The first kappa shape index (κ1) is 25.5. The van der Waals surface area contributed by atoms with Gasteiger partial charge in [-0.1, -0.05) is 107 Å². The van der Waals surface area contributed by atoms with Crippen molar-refractivity contribution in [3.05, 3.63) is 82.7 Å². The third-order valence-corrected chi connectivity index (χ3v) is 8.02. The highest BCUT2D eigenvalue weighted by Crippen LogP contribution is 2.33. The highest BCUT2D eigenvalue weighted by Gasteiger charge is 2.19. The molecule has 0 spiro atoms. The summed E-state index contributed by atoms with van der Waals surface area (Å²) in [5.74, 6) is 8.39. The maximum atomic E-state index is 15.0. The molecule has 0 radical (unpaired) electrons. The summed E-state index contributed by atoms with van der Waals surface area (Å²) in [5, 5.41) is 1.63. The zero-order valence-electron chi connectivity index (χ0n) is 21.7. The fourth-order valence-electron chi connectivity index (χ4n) is 5.55. The maximum Gasteiger partial charge on any atom is 0.134 e. The standard InChI is InChI=1S/C34H41F/c1-3-5-6-7-8-31-22-23-32-25-30(21-24-33(32)34(31)35)20-19-29-17-15-28(16-18-29)14-13-27-11-9-26(4-2)10-12-27/h15-18,21-27H,3-14H2,1-2H3. The molecule has 0 nitrogen and oxygen atoms in total. The van der Waals surface area contributed by atoms with E-state index in [2.05, 4.69) is 50.0 Å². The zero-order valence-corrected chi connectivity index (χ0v) is 21.7. The van der Waals surface area contributed by atoms with E-state index in [1.54, 1.807) is 0 Å². The third-order valence-electron chi connectivity index (χ3n) is 8.02. The molecule has 0 N–H and O–H groups in total. The minimum Gasteiger partial charge on any atom is -0.206 e. The summed E-state index contributed by atoms with van der Waals surface area (Å²) in [5.41, 5.74) is 4.21. The summed E-state index contributed by atoms with van der Waals surface area (Å²) in [4.78, 5) is 0. The van der Waals surface area contributed by atoms with Crippen LogP contribution in [0.15, 0.2) is 54.6 Å². The van der Waals surface area contributed by atoms with Gasteiger partial charge in [-0.25, -0.2) is 4.39 Å². The summed E-state index contributed by atoms with van der Waals surface area (Å²) in [6, 6.07) is 18.6. The maximum absolute atomic E-state index is 15.0. The number of hydrogen-bond acceptors (Lipinski definition) is 0. The topological polar surface area (TPSA) is 0 Å². The van der Waals surface area contributed by atoms with Crippen molar-refractivity contribution in [1.29, 1.82) is 0 Å². The Labute approximate surface area is 212 Å². The Morgan fingerprint density at radius 2 is 1.46 bits per heavy atom. The molecular weight excluding hydrogens is 427 g/mol. The normalized spacial score (nSPS) is 17.8. The molecule has 0 amide bonds. The van der Waals surface area contributed by atoms with Crippen LogP contribution < -0.4 is 0 Å². The second-order valence-corrected chi connectivity index (χ2v) is 10.6. The Bertz CT molecular complexity index is 1140. The molecule has 0 heterocycles. The van der Waals surface area contributed by atoms with Gasteiger partial charge in [0.25, 0.3) is 0 Å². The van der Waals surface area contributed by atoms with Crippen molar-refractivity contribution in [3.63, 3.8) is 0 Å². The number of aryl methyl sites for hydroxylation is 2. The van der Waals surface area contributed by atoms with E-state index in [0.717, 1.165) is 46.8 Å². The smallest absolute Gasteiger partial charge is 0.134 e. The molecule has 1 fully saturated rings. The number of rotatable bonds is 9. The van der Waals surface area contributed by atoms with Gasteiger partial charge in [-0.3, -0.25) is 0 Å². The fraction of sp³-hybridized carbons (Fsp3) is 0.471. The molecule has 1 saturated carbocycles. The molecule has 1 aliphatic carbocycles. The number of halogens is 1. The molecule has 3 aromatic rings. The average Bonchev–Trinajstić information content (AvgIpc) is 2.90. The van der Waals surface area contributed by atoms with Gasteiger partial charge >= 0.3 is 0 Å². The van der Waals surface area contributed by atoms with E-state index in [-0.39, 0.29) is 5.82 Å². The SMILES string of the molecule is CCCCCCc1ccc2cc(C#Cc3ccc(CCC4CCC(CC)CC4)cc3)ccc2c1F. The highest BCUT2D eigenvalue weighted by molar-refractivity contribution is 5.85. The van der Waals surface area contributed by atoms with Gasteiger partial charge in [-0.05, 0) is 78.3 Å². The van der Waals surface area contributed by atoms with Crippen molar-refractivity contribution in [2.24, 2.45) is 11.8 Å². The van der Waals surface area contributed by atoms with E-state index < -0.39 is 0 Å². The van der Waals surface area contributed by atoms with Crippen LogP contribution in [0.5, 0.6) is 0 Å². The van der Waals surface area contributed by atoms with Crippen molar-refractivity contribution in [2.45, 2.75) is 90.9 Å². The third kappa shape index (κ3) is 7.20. The van der Waals surface area contributed by atoms with Crippen LogP contribution in [0.25, 0.3) is 10.8 Å². The van der Waals surface area contributed by atoms with E-state index >= 15 is 0 Å². The molecule has 0 aliphatic heterocycles. The van der Waals surface area contributed by atoms with Gasteiger partial charge in [-0.15, -0.1) is 0 Å². The second kappa shape index (κ2) is 12.9. The van der Waals surface area contributed by atoms with Crippen molar-refractivity contribution >= 4 is 10.8 Å². The molecular formula is C34H41F. The summed E-state index contributed by atoms with van der Waals surface area (Å²) in [7, 11) is 0. The number of benzene rings is 3. The molecule has 4 rings (SSSR count). The van der Waals surface area contributed by atoms with Crippen LogP contribution in [0.2, 0.25) is 0 Å². The average molecular weight is 469 g/mol. The molecule has 0 saturated heterocycles. The number of fused-ring (bicyclic) bond motifs is 1. The van der Waals surface area contributed by atoms with Crippen LogP contribution in [0.1, 0.15) is 100 Å². The Morgan fingerprint density at radius 1 is 0.743 bits per heavy atom. The first-order valence-corrected chi connectivity index (χ1v) is 14.0. The minimum absolute atomic E-state index is 0.0625. The molecule has 0 bridgehead atoms. The predicted octanol–water partition coefficient (Wildman–Crippen LogP) is 9.65. The Hall–Kier alpha value is -2.59.